The van der Waals surface area contributed by atoms with Crippen LogP contribution in [-0.2, 0) is 17.8 Å². The van der Waals surface area contributed by atoms with Gasteiger partial charge in [-0.05, 0) is 55.7 Å². The van der Waals surface area contributed by atoms with Gasteiger partial charge in [0.05, 0.1) is 5.69 Å². The van der Waals surface area contributed by atoms with Crippen LogP contribution in [0.1, 0.15) is 25.0 Å². The molecule has 1 heterocycles. The van der Waals surface area contributed by atoms with Crippen LogP contribution in [0.4, 0.5) is 18.0 Å². The van der Waals surface area contributed by atoms with Crippen molar-refractivity contribution in [1.29, 1.82) is 0 Å². The Morgan fingerprint density at radius 2 is 1.59 bits per heavy atom. The first kappa shape index (κ1) is 25.7. The van der Waals surface area contributed by atoms with Crippen molar-refractivity contribution in [2.24, 2.45) is 0 Å². The highest BCUT2D eigenvalue weighted by atomic mass is 19.4. The second-order valence-corrected chi connectivity index (χ2v) is 9.00. The Labute approximate surface area is 211 Å². The van der Waals surface area contributed by atoms with E-state index in [1.54, 1.807) is 0 Å². The lowest BCUT2D eigenvalue weighted by Gasteiger charge is -2.26. The second kappa shape index (κ2) is 10.7. The molecule has 0 unspecified atom stereocenters. The molecule has 0 saturated carbocycles. The molecule has 0 radical (unpaired) electrons. The number of carbonyl (C=O) groups is 1. The van der Waals surface area contributed by atoms with Crippen molar-refractivity contribution in [3.63, 3.8) is 0 Å². The molecule has 192 valence electrons. The summed E-state index contributed by atoms with van der Waals surface area (Å²) in [6.45, 7) is 4.03. The highest BCUT2D eigenvalue weighted by molar-refractivity contribution is 5.68. The first-order valence-corrected chi connectivity index (χ1v) is 11.4. The fourth-order valence-corrected chi connectivity index (χ4v) is 3.68. The summed E-state index contributed by atoms with van der Waals surface area (Å²) in [5.74, 6) is 0.151. The van der Waals surface area contributed by atoms with Gasteiger partial charge in [-0.2, -0.15) is 0 Å². The van der Waals surface area contributed by atoms with Crippen LogP contribution in [0, 0.1) is 0 Å². The second-order valence-electron chi connectivity index (χ2n) is 9.00. The Morgan fingerprint density at radius 3 is 2.24 bits per heavy atom. The summed E-state index contributed by atoms with van der Waals surface area (Å²) >= 11 is 0. The Hall–Kier alpha value is -4.34. The number of alkyl halides is 3. The molecule has 10 heteroatoms. The van der Waals surface area contributed by atoms with E-state index in [4.69, 9.17) is 4.74 Å². The van der Waals surface area contributed by atoms with E-state index in [0.717, 1.165) is 16.7 Å². The van der Waals surface area contributed by atoms with E-state index in [1.807, 2.05) is 68.4 Å². The fraction of sp³-hybridized carbons (Fsp3) is 0.222. The van der Waals surface area contributed by atoms with Gasteiger partial charge in [0.2, 0.25) is 0 Å². The molecule has 0 aliphatic carbocycles. The largest absolute Gasteiger partial charge is 0.573 e. The summed E-state index contributed by atoms with van der Waals surface area (Å²) in [6, 6.07) is 22.4. The van der Waals surface area contributed by atoms with Gasteiger partial charge in [-0.3, -0.25) is 0 Å². The molecule has 0 aliphatic rings. The normalized spacial score (nSPS) is 11.7. The minimum absolute atomic E-state index is 0.197. The Morgan fingerprint density at radius 1 is 0.919 bits per heavy atom. The Balaban J connectivity index is 1.34. The lowest BCUT2D eigenvalue weighted by Crippen LogP contribution is -2.45. The number of alkyl carbamates (subject to hydrolysis) is 1. The number of ether oxygens (including phenoxy) is 2. The third-order valence-electron chi connectivity index (χ3n) is 5.34. The molecule has 0 atom stereocenters. The summed E-state index contributed by atoms with van der Waals surface area (Å²) in [7, 11) is 0. The molecule has 37 heavy (non-hydrogen) atoms. The summed E-state index contributed by atoms with van der Waals surface area (Å²) in [5.41, 5.74) is 2.67. The van der Waals surface area contributed by atoms with Crippen molar-refractivity contribution in [3.05, 3.63) is 96.3 Å². The number of benzene rings is 3. The molecule has 4 rings (SSSR count). The molecule has 0 saturated heterocycles. The molecular weight excluding hydrogens is 485 g/mol. The zero-order valence-electron chi connectivity index (χ0n) is 20.2. The molecular formula is C27H25F3N4O3. The lowest BCUT2D eigenvalue weighted by molar-refractivity contribution is -0.274. The van der Waals surface area contributed by atoms with Gasteiger partial charge in [0.1, 0.15) is 18.7 Å². The quantitative estimate of drug-likeness (QED) is 0.311. The van der Waals surface area contributed by atoms with Crippen LogP contribution in [0.15, 0.2) is 85.2 Å². The number of aromatic nitrogens is 3. The van der Waals surface area contributed by atoms with E-state index in [1.165, 1.54) is 35.3 Å². The van der Waals surface area contributed by atoms with Crippen LogP contribution in [0.3, 0.4) is 0 Å². The van der Waals surface area contributed by atoms with Crippen molar-refractivity contribution in [1.82, 2.24) is 20.1 Å². The van der Waals surface area contributed by atoms with Crippen molar-refractivity contribution in [2.45, 2.75) is 38.8 Å². The van der Waals surface area contributed by atoms with Gasteiger partial charge in [-0.25, -0.2) is 14.5 Å². The lowest BCUT2D eigenvalue weighted by atomic mass is 9.94. The van der Waals surface area contributed by atoms with Crippen molar-refractivity contribution >= 4 is 6.09 Å². The predicted molar refractivity (Wildman–Crippen MR) is 131 cm³/mol. The van der Waals surface area contributed by atoms with E-state index >= 15 is 0 Å². The molecule has 0 spiro atoms. The van der Waals surface area contributed by atoms with Gasteiger partial charge < -0.3 is 14.8 Å². The number of halogens is 3. The molecule has 7 nitrogen and oxygen atoms in total. The summed E-state index contributed by atoms with van der Waals surface area (Å²) in [4.78, 5) is 16.6. The Kier molecular flexibility index (Phi) is 7.47. The summed E-state index contributed by atoms with van der Waals surface area (Å²) < 4.78 is 47.7. The van der Waals surface area contributed by atoms with E-state index in [0.29, 0.717) is 17.9 Å². The number of nitrogens with zero attached hydrogens (tertiary/aromatic N) is 3. The van der Waals surface area contributed by atoms with Gasteiger partial charge in [-0.1, -0.05) is 54.6 Å². The van der Waals surface area contributed by atoms with Gasteiger partial charge >= 0.3 is 12.5 Å². The predicted octanol–water partition coefficient (Wildman–Crippen LogP) is 6.08. The van der Waals surface area contributed by atoms with Gasteiger partial charge in [0, 0.05) is 11.1 Å². The van der Waals surface area contributed by atoms with Gasteiger partial charge in [0.25, 0.3) is 0 Å². The Bertz CT molecular complexity index is 1320. The van der Waals surface area contributed by atoms with Gasteiger partial charge in [0.15, 0.2) is 5.82 Å². The molecule has 0 aliphatic heterocycles. The highest BCUT2D eigenvalue weighted by Gasteiger charge is 2.31. The molecule has 1 aromatic heterocycles. The molecule has 4 aromatic rings. The van der Waals surface area contributed by atoms with E-state index < -0.39 is 18.0 Å². The van der Waals surface area contributed by atoms with Gasteiger partial charge in [-0.15, -0.1) is 18.3 Å². The van der Waals surface area contributed by atoms with E-state index in [9.17, 15) is 18.0 Å². The highest BCUT2D eigenvalue weighted by Crippen LogP contribution is 2.24. The fourth-order valence-electron chi connectivity index (χ4n) is 3.68. The monoisotopic (exact) mass is 510 g/mol. The minimum atomic E-state index is -4.74. The van der Waals surface area contributed by atoms with Crippen LogP contribution >= 0.6 is 0 Å². The van der Waals surface area contributed by atoms with Crippen LogP contribution in [0.25, 0.3) is 17.1 Å². The average Bonchev–Trinajstić information content (AvgIpc) is 3.33. The SMILES string of the molecule is CC(C)(Cc1ccc(-c2ncn(-c3ccc(OC(F)(F)F)cc3)n2)cc1)NC(=O)OCc1ccccc1. The third-order valence-corrected chi connectivity index (χ3v) is 5.34. The molecule has 3 aromatic carbocycles. The number of hydrogen-bond acceptors (Lipinski definition) is 5. The van der Waals surface area contributed by atoms with E-state index in [2.05, 4.69) is 20.1 Å². The van der Waals surface area contributed by atoms with E-state index in [-0.39, 0.29) is 12.4 Å². The smallest absolute Gasteiger partial charge is 0.445 e. The standard InChI is InChI=1S/C27H25F3N4O3/c1-26(2,32-25(35)36-17-20-6-4-3-5-7-20)16-19-8-10-21(11-9-19)24-31-18-34(33-24)22-12-14-23(15-13-22)37-27(28,29)30/h3-15,18H,16-17H2,1-2H3,(H,32,35). The molecule has 1 N–H and O–H groups in total. The summed E-state index contributed by atoms with van der Waals surface area (Å²) in [6.07, 6.45) is -3.18. The average molecular weight is 511 g/mol. The van der Waals surface area contributed by atoms with Crippen molar-refractivity contribution < 1.29 is 27.4 Å². The number of hydrogen-bond donors (Lipinski definition) is 1. The zero-order chi connectivity index (χ0) is 26.5. The first-order valence-electron chi connectivity index (χ1n) is 11.4. The molecule has 1 amide bonds. The van der Waals surface area contributed by atoms with Crippen molar-refractivity contribution in [3.8, 4) is 22.8 Å². The number of rotatable bonds is 8. The molecule has 0 bridgehead atoms. The molecule has 0 fully saturated rings. The maximum absolute atomic E-state index is 12.3. The third kappa shape index (κ3) is 7.57. The minimum Gasteiger partial charge on any atom is -0.445 e. The van der Waals surface area contributed by atoms with Crippen molar-refractivity contribution in [2.75, 3.05) is 0 Å². The maximum Gasteiger partial charge on any atom is 0.573 e. The zero-order valence-corrected chi connectivity index (χ0v) is 20.2. The maximum atomic E-state index is 12.3. The number of carbonyl (C=O) groups excluding carboxylic acids is 1. The summed E-state index contributed by atoms with van der Waals surface area (Å²) in [5, 5.41) is 7.31. The first-order chi connectivity index (χ1) is 17.6. The van der Waals surface area contributed by atoms with Crippen LogP contribution in [-0.4, -0.2) is 32.8 Å². The van der Waals surface area contributed by atoms with Crippen LogP contribution < -0.4 is 10.1 Å². The topological polar surface area (TPSA) is 78.3 Å². The number of amides is 1. The van der Waals surface area contributed by atoms with Crippen LogP contribution in [0.5, 0.6) is 5.75 Å². The number of nitrogens with one attached hydrogen (secondary N) is 1. The van der Waals surface area contributed by atoms with Crippen LogP contribution in [0.2, 0.25) is 0 Å².